The van der Waals surface area contributed by atoms with Crippen LogP contribution in [0.4, 0.5) is 8.78 Å². The van der Waals surface area contributed by atoms with Gasteiger partial charge in [-0.05, 0) is 30.2 Å². The summed E-state index contributed by atoms with van der Waals surface area (Å²) in [5.41, 5.74) is 6.97. The molecule has 0 aliphatic rings. The summed E-state index contributed by atoms with van der Waals surface area (Å²) in [7, 11) is 0. The Morgan fingerprint density at radius 3 is 2.50 bits per heavy atom. The van der Waals surface area contributed by atoms with Crippen molar-refractivity contribution in [2.75, 3.05) is 0 Å². The molecule has 0 radical (unpaired) electrons. The van der Waals surface area contributed by atoms with Gasteiger partial charge in [-0.15, -0.1) is 0 Å². The number of halogens is 3. The number of benzene rings is 2. The van der Waals surface area contributed by atoms with Crippen LogP contribution in [0.15, 0.2) is 36.4 Å². The molecule has 0 spiro atoms. The van der Waals surface area contributed by atoms with Gasteiger partial charge in [-0.1, -0.05) is 35.9 Å². The first-order valence-electron chi connectivity index (χ1n) is 5.46. The van der Waals surface area contributed by atoms with Crippen LogP contribution in [-0.2, 0) is 0 Å². The Hall–Kier alpha value is -1.45. The monoisotopic (exact) mass is 267 g/mol. The van der Waals surface area contributed by atoms with Crippen LogP contribution in [0.5, 0.6) is 0 Å². The molecule has 94 valence electrons. The van der Waals surface area contributed by atoms with E-state index >= 15 is 0 Å². The van der Waals surface area contributed by atoms with Crippen LogP contribution in [0.3, 0.4) is 0 Å². The Kier molecular flexibility index (Phi) is 3.64. The predicted octanol–water partition coefficient (Wildman–Crippen LogP) is 3.97. The number of rotatable bonds is 2. The van der Waals surface area contributed by atoms with E-state index in [1.54, 1.807) is 24.3 Å². The Bertz CT molecular complexity index is 584. The average Bonchev–Trinajstić information content (AvgIpc) is 2.35. The third-order valence-electron chi connectivity index (χ3n) is 2.85. The molecule has 0 fully saturated rings. The second kappa shape index (κ2) is 5.04. The molecule has 0 amide bonds. The van der Waals surface area contributed by atoms with Gasteiger partial charge in [0, 0.05) is 10.6 Å². The van der Waals surface area contributed by atoms with Gasteiger partial charge in [0.2, 0.25) is 0 Å². The molecule has 0 aliphatic heterocycles. The molecule has 2 N–H and O–H groups in total. The van der Waals surface area contributed by atoms with Crippen molar-refractivity contribution in [1.29, 1.82) is 0 Å². The minimum atomic E-state index is -0.900. The maximum Gasteiger partial charge on any atom is 0.164 e. The third-order valence-corrected chi connectivity index (χ3v) is 3.08. The van der Waals surface area contributed by atoms with E-state index in [4.69, 9.17) is 17.3 Å². The summed E-state index contributed by atoms with van der Waals surface area (Å²) in [6, 6.07) is 9.07. The van der Waals surface area contributed by atoms with E-state index in [0.717, 1.165) is 0 Å². The summed E-state index contributed by atoms with van der Waals surface area (Å²) < 4.78 is 27.3. The van der Waals surface area contributed by atoms with Crippen molar-refractivity contribution in [3.05, 3.63) is 69.7 Å². The van der Waals surface area contributed by atoms with Crippen LogP contribution in [0, 0.1) is 18.6 Å². The van der Waals surface area contributed by atoms with Crippen molar-refractivity contribution < 1.29 is 8.78 Å². The first-order chi connectivity index (χ1) is 8.50. The van der Waals surface area contributed by atoms with Crippen molar-refractivity contribution in [3.63, 3.8) is 0 Å². The highest BCUT2D eigenvalue weighted by molar-refractivity contribution is 6.30. The lowest BCUT2D eigenvalue weighted by Crippen LogP contribution is -2.14. The second-order valence-corrected chi connectivity index (χ2v) is 4.57. The highest BCUT2D eigenvalue weighted by Crippen LogP contribution is 2.26. The lowest BCUT2D eigenvalue weighted by molar-refractivity contribution is 0.489. The zero-order valence-corrected chi connectivity index (χ0v) is 10.5. The van der Waals surface area contributed by atoms with E-state index in [0.29, 0.717) is 10.6 Å². The van der Waals surface area contributed by atoms with Crippen molar-refractivity contribution >= 4 is 11.6 Å². The molecule has 4 heteroatoms. The molecule has 0 heterocycles. The molecule has 1 unspecified atom stereocenters. The summed E-state index contributed by atoms with van der Waals surface area (Å²) in [6.45, 7) is 1.51. The van der Waals surface area contributed by atoms with Gasteiger partial charge in [-0.25, -0.2) is 8.78 Å². The zero-order valence-electron chi connectivity index (χ0n) is 9.75. The highest BCUT2D eigenvalue weighted by atomic mass is 35.5. The summed E-state index contributed by atoms with van der Waals surface area (Å²) in [6.07, 6.45) is 0. The van der Waals surface area contributed by atoms with Gasteiger partial charge >= 0.3 is 0 Å². The molecule has 0 aliphatic carbocycles. The number of hydrogen-bond acceptors (Lipinski definition) is 1. The molecule has 0 saturated carbocycles. The molecule has 0 bridgehead atoms. The van der Waals surface area contributed by atoms with E-state index in [2.05, 4.69) is 0 Å². The first kappa shape index (κ1) is 13.0. The fraction of sp³-hybridized carbons (Fsp3) is 0.143. The predicted molar refractivity (Wildman–Crippen MR) is 68.6 cm³/mol. The number of nitrogens with two attached hydrogens (primary N) is 1. The van der Waals surface area contributed by atoms with Gasteiger partial charge in [0.1, 0.15) is 0 Å². The van der Waals surface area contributed by atoms with Crippen LogP contribution in [0.2, 0.25) is 5.02 Å². The maximum absolute atomic E-state index is 13.8. The fourth-order valence-electron chi connectivity index (χ4n) is 1.78. The molecule has 18 heavy (non-hydrogen) atoms. The Balaban J connectivity index is 2.46. The number of aryl methyl sites for hydroxylation is 1. The van der Waals surface area contributed by atoms with E-state index in [1.807, 2.05) is 0 Å². The van der Waals surface area contributed by atoms with Crippen molar-refractivity contribution in [3.8, 4) is 0 Å². The largest absolute Gasteiger partial charge is 0.320 e. The normalized spacial score (nSPS) is 12.5. The lowest BCUT2D eigenvalue weighted by atomic mass is 9.98. The minimum Gasteiger partial charge on any atom is -0.320 e. The Morgan fingerprint density at radius 2 is 1.83 bits per heavy atom. The second-order valence-electron chi connectivity index (χ2n) is 4.13. The van der Waals surface area contributed by atoms with Gasteiger partial charge in [-0.3, -0.25) is 0 Å². The van der Waals surface area contributed by atoms with E-state index in [1.165, 1.54) is 19.1 Å². The third kappa shape index (κ3) is 2.37. The Labute approximate surface area is 109 Å². The van der Waals surface area contributed by atoms with Gasteiger partial charge < -0.3 is 5.73 Å². The summed E-state index contributed by atoms with van der Waals surface area (Å²) in [5, 5.41) is 0.510. The van der Waals surface area contributed by atoms with Gasteiger partial charge in [0.05, 0.1) is 6.04 Å². The molecule has 1 nitrogen and oxygen atoms in total. The summed E-state index contributed by atoms with van der Waals surface area (Å²) in [4.78, 5) is 0. The molecule has 2 aromatic rings. The zero-order chi connectivity index (χ0) is 13.3. The summed E-state index contributed by atoms with van der Waals surface area (Å²) in [5.74, 6) is -1.76. The molecule has 2 rings (SSSR count). The van der Waals surface area contributed by atoms with E-state index < -0.39 is 17.7 Å². The van der Waals surface area contributed by atoms with Crippen LogP contribution in [0.1, 0.15) is 22.7 Å². The van der Waals surface area contributed by atoms with Crippen LogP contribution in [0.25, 0.3) is 0 Å². The maximum atomic E-state index is 13.8. The molecular formula is C14H12ClF2N. The van der Waals surface area contributed by atoms with Crippen molar-refractivity contribution in [2.24, 2.45) is 5.73 Å². The van der Waals surface area contributed by atoms with Gasteiger partial charge in [0.15, 0.2) is 11.6 Å². The van der Waals surface area contributed by atoms with Crippen molar-refractivity contribution in [1.82, 2.24) is 0 Å². The van der Waals surface area contributed by atoms with Crippen LogP contribution in [-0.4, -0.2) is 0 Å². The molecule has 2 aromatic carbocycles. The van der Waals surface area contributed by atoms with E-state index in [9.17, 15) is 8.78 Å². The molecule has 0 saturated heterocycles. The Morgan fingerprint density at radius 1 is 1.11 bits per heavy atom. The molecule has 1 atom stereocenters. The quantitative estimate of drug-likeness (QED) is 0.875. The minimum absolute atomic E-state index is 0.125. The lowest BCUT2D eigenvalue weighted by Gasteiger charge is -2.14. The van der Waals surface area contributed by atoms with E-state index in [-0.39, 0.29) is 11.1 Å². The molecular weight excluding hydrogens is 256 g/mol. The van der Waals surface area contributed by atoms with Gasteiger partial charge in [0.25, 0.3) is 0 Å². The van der Waals surface area contributed by atoms with Crippen LogP contribution >= 0.6 is 11.6 Å². The summed E-state index contributed by atoms with van der Waals surface area (Å²) >= 11 is 5.85. The first-order valence-corrected chi connectivity index (χ1v) is 5.84. The average molecular weight is 268 g/mol. The SMILES string of the molecule is Cc1ccc(C(N)c2cccc(Cl)c2)c(F)c1F. The molecule has 0 aromatic heterocycles. The highest BCUT2D eigenvalue weighted by Gasteiger charge is 2.18. The fourth-order valence-corrected chi connectivity index (χ4v) is 1.98. The topological polar surface area (TPSA) is 26.0 Å². The van der Waals surface area contributed by atoms with Crippen molar-refractivity contribution in [2.45, 2.75) is 13.0 Å². The van der Waals surface area contributed by atoms with Gasteiger partial charge in [-0.2, -0.15) is 0 Å². The van der Waals surface area contributed by atoms with Crippen LogP contribution < -0.4 is 5.73 Å². The standard InChI is InChI=1S/C14H12ClF2N/c1-8-5-6-11(13(17)12(8)16)14(18)9-3-2-4-10(15)7-9/h2-7,14H,18H2,1H3. The number of hydrogen-bond donors (Lipinski definition) is 1. The smallest absolute Gasteiger partial charge is 0.164 e.